The lowest BCUT2D eigenvalue weighted by Crippen LogP contribution is -2.32. The first-order chi connectivity index (χ1) is 11.8. The number of benzene rings is 1. The Morgan fingerprint density at radius 3 is 2.64 bits per heavy atom. The van der Waals surface area contributed by atoms with Gasteiger partial charge in [-0.1, -0.05) is 13.0 Å². The van der Waals surface area contributed by atoms with E-state index in [1.807, 2.05) is 32.9 Å². The molecule has 1 aromatic heterocycles. The molecule has 0 spiro atoms. The minimum Gasteiger partial charge on any atom is -0.466 e. The molecule has 0 unspecified atom stereocenters. The van der Waals surface area contributed by atoms with Gasteiger partial charge in [-0.3, -0.25) is 4.79 Å². The fourth-order valence-corrected chi connectivity index (χ4v) is 3.30. The van der Waals surface area contributed by atoms with Crippen molar-refractivity contribution in [3.63, 3.8) is 0 Å². The van der Waals surface area contributed by atoms with E-state index in [0.29, 0.717) is 12.0 Å². The van der Waals surface area contributed by atoms with Crippen LogP contribution in [0.15, 0.2) is 45.7 Å². The van der Waals surface area contributed by atoms with E-state index < -0.39 is 10.0 Å². The van der Waals surface area contributed by atoms with Crippen molar-refractivity contribution < 1.29 is 17.6 Å². The Morgan fingerprint density at radius 2 is 2.00 bits per heavy atom. The lowest BCUT2D eigenvalue weighted by molar-refractivity contribution is 0.0939. The average molecular weight is 364 g/mol. The Morgan fingerprint density at radius 1 is 1.24 bits per heavy atom. The summed E-state index contributed by atoms with van der Waals surface area (Å²) in [6, 6.07) is 9.71. The maximum absolute atomic E-state index is 12.4. The highest BCUT2D eigenvalue weighted by atomic mass is 32.2. The third-order valence-corrected chi connectivity index (χ3v) is 5.31. The minimum atomic E-state index is -3.69. The molecule has 7 heteroatoms. The van der Waals surface area contributed by atoms with Gasteiger partial charge in [0, 0.05) is 24.6 Å². The molecule has 0 radical (unpaired) electrons. The van der Waals surface area contributed by atoms with E-state index in [1.165, 1.54) is 12.1 Å². The Hall–Kier alpha value is -2.12. The second kappa shape index (κ2) is 8.31. The fraction of sp³-hybridized carbons (Fsp3) is 0.389. The maximum atomic E-state index is 12.4. The molecule has 0 fully saturated rings. The Kier molecular flexibility index (Phi) is 6.39. The quantitative estimate of drug-likeness (QED) is 0.754. The molecular formula is C18H24N2O4S. The van der Waals surface area contributed by atoms with Crippen molar-refractivity contribution >= 4 is 15.9 Å². The summed E-state index contributed by atoms with van der Waals surface area (Å²) in [6.45, 7) is 5.93. The number of amides is 1. The van der Waals surface area contributed by atoms with Crippen LogP contribution in [0.2, 0.25) is 0 Å². The van der Waals surface area contributed by atoms with Gasteiger partial charge >= 0.3 is 0 Å². The molecule has 0 bridgehead atoms. The van der Waals surface area contributed by atoms with Crippen LogP contribution >= 0.6 is 0 Å². The second-order valence-electron chi connectivity index (χ2n) is 5.97. The lowest BCUT2D eigenvalue weighted by Gasteiger charge is -2.12. The van der Waals surface area contributed by atoms with Gasteiger partial charge in [0.2, 0.25) is 10.0 Å². The number of carbonyl (C=O) groups is 1. The zero-order chi connectivity index (χ0) is 18.4. The van der Waals surface area contributed by atoms with Gasteiger partial charge in [0.25, 0.3) is 5.91 Å². The summed E-state index contributed by atoms with van der Waals surface area (Å²) in [5, 5.41) is 2.82. The molecule has 2 aromatic rings. The highest BCUT2D eigenvalue weighted by molar-refractivity contribution is 7.89. The predicted octanol–water partition coefficient (Wildman–Crippen LogP) is 2.64. The van der Waals surface area contributed by atoms with Crippen LogP contribution < -0.4 is 10.0 Å². The zero-order valence-electron chi connectivity index (χ0n) is 14.7. The van der Waals surface area contributed by atoms with Crippen LogP contribution in [0, 0.1) is 6.92 Å². The molecule has 0 saturated carbocycles. The van der Waals surface area contributed by atoms with E-state index in [0.717, 1.165) is 17.9 Å². The summed E-state index contributed by atoms with van der Waals surface area (Å²) in [6.07, 6.45) is 1.26. The minimum absolute atomic E-state index is 0.0302. The summed E-state index contributed by atoms with van der Waals surface area (Å²) in [5.41, 5.74) is 0.324. The van der Waals surface area contributed by atoms with Crippen molar-refractivity contribution in [2.45, 2.75) is 44.6 Å². The Labute approximate surface area is 148 Å². The molecule has 2 N–H and O–H groups in total. The first kappa shape index (κ1) is 19.2. The molecule has 1 heterocycles. The number of carbonyl (C=O) groups excluding carboxylic acids is 1. The molecule has 0 aliphatic carbocycles. The third-order valence-electron chi connectivity index (χ3n) is 3.86. The van der Waals surface area contributed by atoms with E-state index >= 15 is 0 Å². The molecule has 1 amide bonds. The van der Waals surface area contributed by atoms with Crippen LogP contribution in [0.5, 0.6) is 0 Å². The van der Waals surface area contributed by atoms with Gasteiger partial charge in [0.1, 0.15) is 11.5 Å². The first-order valence-electron chi connectivity index (χ1n) is 8.27. The molecular weight excluding hydrogens is 340 g/mol. The van der Waals surface area contributed by atoms with Crippen molar-refractivity contribution in [1.82, 2.24) is 10.0 Å². The molecule has 2 rings (SSSR count). The first-order valence-corrected chi connectivity index (χ1v) is 9.76. The van der Waals surface area contributed by atoms with Crippen LogP contribution in [0.3, 0.4) is 0 Å². The third kappa shape index (κ3) is 5.44. The molecule has 0 aliphatic rings. The van der Waals surface area contributed by atoms with E-state index in [1.54, 1.807) is 12.1 Å². The van der Waals surface area contributed by atoms with Crippen LogP contribution in [-0.2, 0) is 16.4 Å². The average Bonchev–Trinajstić information content (AvgIpc) is 3.00. The fourth-order valence-electron chi connectivity index (χ4n) is 2.23. The van der Waals surface area contributed by atoms with Crippen LogP contribution in [-0.4, -0.2) is 26.9 Å². The SMILES string of the molecule is CC[C@H](C)NC(=O)c1cccc(S(=O)(=O)NCCc2ccc(C)o2)c1. The number of aryl methyl sites for hydroxylation is 1. The van der Waals surface area contributed by atoms with Gasteiger partial charge in [-0.15, -0.1) is 0 Å². The number of nitrogens with one attached hydrogen (secondary N) is 2. The normalized spacial score (nSPS) is 12.8. The Bertz CT molecular complexity index is 827. The predicted molar refractivity (Wildman–Crippen MR) is 96.0 cm³/mol. The maximum Gasteiger partial charge on any atom is 0.251 e. The van der Waals surface area contributed by atoms with Crippen LogP contribution in [0.25, 0.3) is 0 Å². The van der Waals surface area contributed by atoms with E-state index in [9.17, 15) is 13.2 Å². The van der Waals surface area contributed by atoms with Crippen molar-refractivity contribution in [2.24, 2.45) is 0 Å². The van der Waals surface area contributed by atoms with Gasteiger partial charge in [-0.25, -0.2) is 13.1 Å². The smallest absolute Gasteiger partial charge is 0.251 e. The number of sulfonamides is 1. The summed E-state index contributed by atoms with van der Waals surface area (Å²) >= 11 is 0. The van der Waals surface area contributed by atoms with Crippen molar-refractivity contribution in [2.75, 3.05) is 6.54 Å². The zero-order valence-corrected chi connectivity index (χ0v) is 15.5. The van der Waals surface area contributed by atoms with Gasteiger partial charge in [0.05, 0.1) is 4.90 Å². The standard InChI is InChI=1S/C18H24N2O4S/c1-4-13(2)20-18(21)15-6-5-7-17(12-15)25(22,23)19-11-10-16-9-8-14(3)24-16/h5-9,12-13,19H,4,10-11H2,1-3H3,(H,20,21)/t13-/m0/s1. The van der Waals surface area contributed by atoms with E-state index in [4.69, 9.17) is 4.42 Å². The highest BCUT2D eigenvalue weighted by Crippen LogP contribution is 2.12. The number of furan rings is 1. The van der Waals surface area contributed by atoms with E-state index in [2.05, 4.69) is 10.0 Å². The van der Waals surface area contributed by atoms with Crippen LogP contribution in [0.4, 0.5) is 0 Å². The van der Waals surface area contributed by atoms with Crippen LogP contribution in [0.1, 0.15) is 42.1 Å². The van der Waals surface area contributed by atoms with Gasteiger partial charge < -0.3 is 9.73 Å². The molecule has 136 valence electrons. The topological polar surface area (TPSA) is 88.4 Å². The summed E-state index contributed by atoms with van der Waals surface area (Å²) in [4.78, 5) is 12.2. The molecule has 1 atom stereocenters. The van der Waals surface area contributed by atoms with Crippen molar-refractivity contribution in [3.05, 3.63) is 53.5 Å². The largest absolute Gasteiger partial charge is 0.466 e. The van der Waals surface area contributed by atoms with Crippen molar-refractivity contribution in [3.8, 4) is 0 Å². The molecule has 6 nitrogen and oxygen atoms in total. The molecule has 25 heavy (non-hydrogen) atoms. The molecule has 0 aliphatic heterocycles. The number of rotatable bonds is 8. The summed E-state index contributed by atoms with van der Waals surface area (Å²) in [5.74, 6) is 1.23. The highest BCUT2D eigenvalue weighted by Gasteiger charge is 2.16. The molecule has 0 saturated heterocycles. The summed E-state index contributed by atoms with van der Waals surface area (Å²) in [7, 11) is -3.69. The monoisotopic (exact) mass is 364 g/mol. The number of hydrogen-bond acceptors (Lipinski definition) is 4. The second-order valence-corrected chi connectivity index (χ2v) is 7.74. The lowest BCUT2D eigenvalue weighted by atomic mass is 10.2. The van der Waals surface area contributed by atoms with Gasteiger partial charge in [0.15, 0.2) is 0 Å². The summed E-state index contributed by atoms with van der Waals surface area (Å²) < 4.78 is 32.8. The number of hydrogen-bond donors (Lipinski definition) is 2. The molecule has 1 aromatic carbocycles. The van der Waals surface area contributed by atoms with Gasteiger partial charge in [-0.05, 0) is 50.6 Å². The van der Waals surface area contributed by atoms with Gasteiger partial charge in [-0.2, -0.15) is 0 Å². The van der Waals surface area contributed by atoms with Crippen molar-refractivity contribution in [1.29, 1.82) is 0 Å². The Balaban J connectivity index is 2.03. The van der Waals surface area contributed by atoms with E-state index in [-0.39, 0.29) is 23.4 Å².